The van der Waals surface area contributed by atoms with Gasteiger partial charge in [0.05, 0.1) is 6.54 Å². The van der Waals surface area contributed by atoms with Crippen molar-refractivity contribution in [3.63, 3.8) is 0 Å². The highest BCUT2D eigenvalue weighted by molar-refractivity contribution is 5.60. The van der Waals surface area contributed by atoms with Crippen LogP contribution in [0.1, 0.15) is 18.1 Å². The highest BCUT2D eigenvalue weighted by Gasteiger charge is 2.24. The molecule has 0 aliphatic carbocycles. The Kier molecular flexibility index (Phi) is 3.43. The van der Waals surface area contributed by atoms with E-state index in [1.165, 1.54) is 23.4 Å². The third-order valence-electron chi connectivity index (χ3n) is 3.67. The summed E-state index contributed by atoms with van der Waals surface area (Å²) in [5, 5.41) is 0. The van der Waals surface area contributed by atoms with Gasteiger partial charge < -0.3 is 4.90 Å². The molecule has 0 bridgehead atoms. The first-order chi connectivity index (χ1) is 9.74. The number of benzene rings is 2. The van der Waals surface area contributed by atoms with E-state index < -0.39 is 0 Å². The molecule has 0 fully saturated rings. The fourth-order valence-electron chi connectivity index (χ4n) is 2.63. The summed E-state index contributed by atoms with van der Waals surface area (Å²) in [6.45, 7) is 2.93. The van der Waals surface area contributed by atoms with Gasteiger partial charge in [0.2, 0.25) is 0 Å². The first-order valence-electron chi connectivity index (χ1n) is 6.83. The first kappa shape index (κ1) is 12.7. The lowest BCUT2D eigenvalue weighted by Crippen LogP contribution is -2.29. The Morgan fingerprint density at radius 3 is 2.70 bits per heavy atom. The van der Waals surface area contributed by atoms with Crippen LogP contribution < -0.4 is 4.90 Å². The third kappa shape index (κ3) is 2.53. The van der Waals surface area contributed by atoms with Crippen molar-refractivity contribution in [1.29, 1.82) is 0 Å². The van der Waals surface area contributed by atoms with Gasteiger partial charge in [-0.2, -0.15) is 0 Å². The number of hydrogen-bond donors (Lipinski definition) is 0. The molecule has 20 heavy (non-hydrogen) atoms. The van der Waals surface area contributed by atoms with Gasteiger partial charge >= 0.3 is 0 Å². The average molecular weight is 265 g/mol. The van der Waals surface area contributed by atoms with Crippen molar-refractivity contribution in [2.75, 3.05) is 11.4 Å². The summed E-state index contributed by atoms with van der Waals surface area (Å²) in [5.41, 5.74) is 3.53. The second kappa shape index (κ2) is 5.38. The Morgan fingerprint density at radius 2 is 1.90 bits per heavy atom. The molecule has 0 amide bonds. The van der Waals surface area contributed by atoms with Crippen LogP contribution in [0.3, 0.4) is 0 Å². The molecule has 0 saturated carbocycles. The molecular formula is C18H16FN. The highest BCUT2D eigenvalue weighted by atomic mass is 19.1. The van der Waals surface area contributed by atoms with Crippen LogP contribution in [0.25, 0.3) is 0 Å². The van der Waals surface area contributed by atoms with Gasteiger partial charge in [-0.3, -0.25) is 0 Å². The molecule has 1 unspecified atom stereocenters. The van der Waals surface area contributed by atoms with Gasteiger partial charge in [0.1, 0.15) is 5.82 Å². The zero-order valence-electron chi connectivity index (χ0n) is 11.4. The predicted octanol–water partition coefficient (Wildman–Crippen LogP) is 3.63. The van der Waals surface area contributed by atoms with E-state index in [4.69, 9.17) is 0 Å². The smallest absolute Gasteiger partial charge is 0.123 e. The normalized spacial score (nSPS) is 16.5. The minimum Gasteiger partial charge on any atom is -0.357 e. The lowest BCUT2D eigenvalue weighted by atomic mass is 10.1. The molecular weight excluding hydrogens is 249 g/mol. The van der Waals surface area contributed by atoms with Gasteiger partial charge in [-0.05, 0) is 49.2 Å². The van der Waals surface area contributed by atoms with E-state index in [1.54, 1.807) is 12.1 Å². The van der Waals surface area contributed by atoms with E-state index in [2.05, 4.69) is 47.9 Å². The van der Waals surface area contributed by atoms with Gasteiger partial charge in [-0.15, -0.1) is 0 Å². The molecule has 0 aromatic heterocycles. The maximum Gasteiger partial charge on any atom is 0.123 e. The van der Waals surface area contributed by atoms with Gasteiger partial charge in [0, 0.05) is 17.3 Å². The zero-order chi connectivity index (χ0) is 13.9. The van der Waals surface area contributed by atoms with Gasteiger partial charge in [-0.25, -0.2) is 4.39 Å². The first-order valence-corrected chi connectivity index (χ1v) is 6.83. The molecule has 0 saturated heterocycles. The lowest BCUT2D eigenvalue weighted by Gasteiger charge is -2.21. The minimum absolute atomic E-state index is 0.224. The lowest BCUT2D eigenvalue weighted by molar-refractivity contribution is 0.627. The maximum absolute atomic E-state index is 12.8. The maximum atomic E-state index is 12.8. The fraction of sp³-hybridized carbons (Fsp3) is 0.222. The number of nitrogens with zero attached hydrogens (tertiary/aromatic N) is 1. The van der Waals surface area contributed by atoms with Crippen LogP contribution in [-0.4, -0.2) is 12.6 Å². The summed E-state index contributed by atoms with van der Waals surface area (Å²) in [5.74, 6) is 6.06. The number of para-hydroxylation sites is 1. The Hall–Kier alpha value is -2.27. The summed E-state index contributed by atoms with van der Waals surface area (Å²) in [7, 11) is 0. The second-order valence-electron chi connectivity index (χ2n) is 5.12. The van der Waals surface area contributed by atoms with Gasteiger partial charge in [0.25, 0.3) is 0 Å². The largest absolute Gasteiger partial charge is 0.357 e. The summed E-state index contributed by atoms with van der Waals surface area (Å²) in [4.78, 5) is 2.33. The van der Waals surface area contributed by atoms with Crippen molar-refractivity contribution >= 4 is 5.69 Å². The van der Waals surface area contributed by atoms with Crippen LogP contribution in [0.15, 0.2) is 48.5 Å². The van der Waals surface area contributed by atoms with Crippen LogP contribution in [-0.2, 0) is 6.42 Å². The molecule has 1 aliphatic rings. The van der Waals surface area contributed by atoms with E-state index in [0.717, 1.165) is 12.0 Å². The third-order valence-corrected chi connectivity index (χ3v) is 3.67. The van der Waals surface area contributed by atoms with Crippen molar-refractivity contribution in [3.8, 4) is 11.8 Å². The molecule has 2 aromatic rings. The number of halogens is 1. The summed E-state index contributed by atoms with van der Waals surface area (Å²) >= 11 is 0. The number of rotatable bonds is 1. The van der Waals surface area contributed by atoms with Crippen LogP contribution >= 0.6 is 0 Å². The van der Waals surface area contributed by atoms with Crippen LogP contribution in [0.5, 0.6) is 0 Å². The standard InChI is InChI=1S/C18H16FN/c1-14-13-16-6-2-3-7-18(16)20(14)12-4-5-15-8-10-17(19)11-9-15/h2-3,6-11,14H,12-13H2,1H3. The van der Waals surface area contributed by atoms with Crippen molar-refractivity contribution in [2.24, 2.45) is 0 Å². The molecule has 1 atom stereocenters. The van der Waals surface area contributed by atoms with Crippen molar-refractivity contribution in [3.05, 3.63) is 65.5 Å². The molecule has 2 aromatic carbocycles. The Morgan fingerprint density at radius 1 is 1.15 bits per heavy atom. The molecule has 1 aliphatic heterocycles. The molecule has 1 heterocycles. The molecule has 2 heteroatoms. The van der Waals surface area contributed by atoms with E-state index in [1.807, 2.05) is 0 Å². The Labute approximate surface area is 119 Å². The van der Waals surface area contributed by atoms with Gasteiger partial charge in [-0.1, -0.05) is 30.0 Å². The predicted molar refractivity (Wildman–Crippen MR) is 80.2 cm³/mol. The topological polar surface area (TPSA) is 3.24 Å². The van der Waals surface area contributed by atoms with Crippen LogP contribution in [0, 0.1) is 17.7 Å². The summed E-state index contributed by atoms with van der Waals surface area (Å²) in [6, 6.07) is 15.3. The number of hydrogen-bond acceptors (Lipinski definition) is 1. The van der Waals surface area contributed by atoms with Crippen molar-refractivity contribution < 1.29 is 4.39 Å². The number of anilines is 1. The van der Waals surface area contributed by atoms with Crippen molar-refractivity contribution in [1.82, 2.24) is 0 Å². The van der Waals surface area contributed by atoms with E-state index in [9.17, 15) is 4.39 Å². The van der Waals surface area contributed by atoms with Crippen LogP contribution in [0.4, 0.5) is 10.1 Å². The average Bonchev–Trinajstić information content (AvgIpc) is 2.77. The quantitative estimate of drug-likeness (QED) is 0.712. The molecule has 3 rings (SSSR count). The molecule has 100 valence electrons. The van der Waals surface area contributed by atoms with Crippen molar-refractivity contribution in [2.45, 2.75) is 19.4 Å². The fourth-order valence-corrected chi connectivity index (χ4v) is 2.63. The Bertz CT molecular complexity index is 664. The summed E-state index contributed by atoms with van der Waals surface area (Å²) in [6.07, 6.45) is 1.08. The summed E-state index contributed by atoms with van der Waals surface area (Å²) < 4.78 is 12.8. The molecule has 0 N–H and O–H groups in total. The molecule has 0 spiro atoms. The van der Waals surface area contributed by atoms with E-state index in [0.29, 0.717) is 12.6 Å². The Balaban J connectivity index is 1.75. The number of fused-ring (bicyclic) bond motifs is 1. The monoisotopic (exact) mass is 265 g/mol. The molecule has 1 nitrogen and oxygen atoms in total. The van der Waals surface area contributed by atoms with E-state index >= 15 is 0 Å². The second-order valence-corrected chi connectivity index (χ2v) is 5.12. The van der Waals surface area contributed by atoms with Gasteiger partial charge in [0.15, 0.2) is 0 Å². The molecule has 0 radical (unpaired) electrons. The highest BCUT2D eigenvalue weighted by Crippen LogP contribution is 2.31. The minimum atomic E-state index is -0.224. The SMILES string of the molecule is CC1Cc2ccccc2N1CC#Cc1ccc(F)cc1. The van der Waals surface area contributed by atoms with Crippen LogP contribution in [0.2, 0.25) is 0 Å². The zero-order valence-corrected chi connectivity index (χ0v) is 11.4. The van der Waals surface area contributed by atoms with E-state index in [-0.39, 0.29) is 5.82 Å².